The molecule has 0 bridgehead atoms. The number of phenols is 3. The molecular formula is C25H33N3O7S. The van der Waals surface area contributed by atoms with Crippen molar-refractivity contribution in [2.45, 2.75) is 14.9 Å². The number of aromatic nitrogens is 1. The van der Waals surface area contributed by atoms with E-state index in [-0.39, 0.29) is 50.1 Å². The Morgan fingerprint density at radius 3 is 1.81 bits per heavy atom. The molecule has 36 heavy (non-hydrogen) atoms. The van der Waals surface area contributed by atoms with Crippen molar-refractivity contribution in [2.24, 2.45) is 0 Å². The Morgan fingerprint density at radius 1 is 0.750 bits per heavy atom. The highest BCUT2D eigenvalue weighted by molar-refractivity contribution is 7.92. The van der Waals surface area contributed by atoms with Gasteiger partial charge in [-0.2, -0.15) is 0 Å². The van der Waals surface area contributed by atoms with E-state index in [9.17, 15) is 18.3 Å². The first-order valence-corrected chi connectivity index (χ1v) is 11.7. The smallest absolute Gasteiger partial charge is 0.248 e. The molecule has 4 rings (SSSR count). The predicted octanol–water partition coefficient (Wildman–Crippen LogP) is 4.02. The molecule has 0 aliphatic carbocycles. The van der Waals surface area contributed by atoms with Gasteiger partial charge in [-0.1, -0.05) is 51.3 Å². The largest absolute Gasteiger partial charge is 0.506 e. The number of sulfonamides is 1. The van der Waals surface area contributed by atoms with Gasteiger partial charge in [0.25, 0.3) is 0 Å². The first kappa shape index (κ1) is 31.8. The number of pyridine rings is 1. The van der Waals surface area contributed by atoms with Crippen molar-refractivity contribution in [3.63, 3.8) is 0 Å². The average Bonchev–Trinajstić information content (AvgIpc) is 2.78. The summed E-state index contributed by atoms with van der Waals surface area (Å²) in [7, 11) is -3.31. The summed E-state index contributed by atoms with van der Waals surface area (Å²) in [5, 5.41) is 39.4. The first-order valence-electron chi connectivity index (χ1n) is 9.80. The lowest BCUT2D eigenvalue weighted by Crippen LogP contribution is -2.09. The molecule has 11 heteroatoms. The second-order valence-corrected chi connectivity index (χ2v) is 8.56. The molecule has 0 amide bonds. The summed E-state index contributed by atoms with van der Waals surface area (Å²) >= 11 is 0. The number of nitrogens with one attached hydrogen (secondary N) is 3. The molecule has 0 atom stereocenters. The van der Waals surface area contributed by atoms with E-state index in [0.29, 0.717) is 11.2 Å². The van der Waals surface area contributed by atoms with Gasteiger partial charge in [0.1, 0.15) is 24.0 Å². The summed E-state index contributed by atoms with van der Waals surface area (Å²) in [6.07, 6.45) is 1.03. The molecule has 0 aliphatic heterocycles. The van der Waals surface area contributed by atoms with Gasteiger partial charge in [-0.15, -0.1) is 0 Å². The summed E-state index contributed by atoms with van der Waals surface area (Å²) in [6.45, 7) is -0.169. The number of aromatic hydroxyl groups is 3. The molecule has 7 N–H and O–H groups in total. The molecule has 0 aliphatic rings. The number of fused-ring (bicyclic) bond motifs is 1. The minimum absolute atomic E-state index is 0. The van der Waals surface area contributed by atoms with Gasteiger partial charge < -0.3 is 30.7 Å². The van der Waals surface area contributed by atoms with Crippen molar-refractivity contribution in [1.29, 1.82) is 0 Å². The molecule has 10 nitrogen and oxygen atoms in total. The number of para-hydroxylation sites is 5. The third-order valence-electron chi connectivity index (χ3n) is 4.11. The van der Waals surface area contributed by atoms with E-state index in [0.717, 1.165) is 11.6 Å². The van der Waals surface area contributed by atoms with Crippen LogP contribution in [0, 0.1) is 0 Å². The Morgan fingerprint density at radius 2 is 1.28 bits per heavy atom. The molecule has 0 saturated carbocycles. The second kappa shape index (κ2) is 14.9. The molecule has 3 aromatic carbocycles. The van der Waals surface area contributed by atoms with Crippen molar-refractivity contribution in [1.82, 2.24) is 4.98 Å². The van der Waals surface area contributed by atoms with Crippen LogP contribution in [0.5, 0.6) is 17.2 Å². The van der Waals surface area contributed by atoms with Crippen LogP contribution in [0.15, 0.2) is 83.7 Å². The molecule has 0 saturated heterocycles. The number of rotatable bonds is 4. The fourth-order valence-electron chi connectivity index (χ4n) is 2.63. The molecule has 1 aromatic heterocycles. The molecule has 0 spiro atoms. The molecule has 0 unspecified atom stereocenters. The van der Waals surface area contributed by atoms with Crippen LogP contribution in [0.2, 0.25) is 0 Å². The number of aliphatic hydroxyl groups excluding tert-OH is 1. The number of H-pyrrole nitrogens is 1. The van der Waals surface area contributed by atoms with Crippen LogP contribution in [0.4, 0.5) is 11.4 Å². The minimum Gasteiger partial charge on any atom is -0.506 e. The highest BCUT2D eigenvalue weighted by Gasteiger charge is 2.04. The summed E-state index contributed by atoms with van der Waals surface area (Å²) in [4.78, 5) is 13.4. The third kappa shape index (κ3) is 10.4. The molecular weight excluding hydrogens is 486 g/mol. The fourth-order valence-corrected chi connectivity index (χ4v) is 3.20. The Kier molecular flexibility index (Phi) is 13.2. The fraction of sp³-hybridized carbons (Fsp3) is 0.160. The van der Waals surface area contributed by atoms with E-state index in [4.69, 9.17) is 15.3 Å². The molecule has 196 valence electrons. The maximum absolute atomic E-state index is 10.9. The standard InChI is InChI=1S/C9H7NO2.C7H9NO3S.C7H9NO2.2CH4/c11-7-3-1-2-6-4-5-8(12)10-9(6)7;1-12(10,11)8-6-4-2-3-5-7(6)9;9-5-8-6-3-1-2-4-7(6)10;;/h1-5,11H,(H,10,12);2-5,8-9H,1H3;1-4,8-10H,5H2;2*1H4. The van der Waals surface area contributed by atoms with E-state index in [1.54, 1.807) is 48.5 Å². The van der Waals surface area contributed by atoms with E-state index in [1.165, 1.54) is 24.3 Å². The highest BCUT2D eigenvalue weighted by atomic mass is 32.2. The van der Waals surface area contributed by atoms with Crippen molar-refractivity contribution in [3.05, 3.63) is 89.2 Å². The normalized spacial score (nSPS) is 9.72. The first-order chi connectivity index (χ1) is 16.1. The van der Waals surface area contributed by atoms with Crippen LogP contribution in [-0.4, -0.2) is 46.8 Å². The van der Waals surface area contributed by atoms with Crippen LogP contribution < -0.4 is 15.6 Å². The van der Waals surface area contributed by atoms with Crippen LogP contribution in [-0.2, 0) is 10.0 Å². The lowest BCUT2D eigenvalue weighted by Gasteiger charge is -2.04. The second-order valence-electron chi connectivity index (χ2n) is 6.81. The van der Waals surface area contributed by atoms with E-state index < -0.39 is 10.0 Å². The van der Waals surface area contributed by atoms with Crippen LogP contribution in [0.25, 0.3) is 10.9 Å². The summed E-state index contributed by atoms with van der Waals surface area (Å²) in [6, 6.07) is 21.1. The zero-order chi connectivity index (χ0) is 25.1. The Bertz CT molecular complexity index is 1390. The highest BCUT2D eigenvalue weighted by Crippen LogP contribution is 2.22. The number of phenolic OH excluding ortho intramolecular Hbond substituents is 3. The van der Waals surface area contributed by atoms with Gasteiger partial charge in [0.2, 0.25) is 15.6 Å². The molecule has 0 fully saturated rings. The lowest BCUT2D eigenvalue weighted by atomic mass is 10.2. The number of hydrogen-bond donors (Lipinski definition) is 7. The van der Waals surface area contributed by atoms with Gasteiger partial charge in [-0.25, -0.2) is 8.42 Å². The predicted molar refractivity (Wildman–Crippen MR) is 145 cm³/mol. The van der Waals surface area contributed by atoms with Crippen molar-refractivity contribution >= 4 is 32.3 Å². The molecule has 4 aromatic rings. The average molecular weight is 520 g/mol. The Labute approximate surface area is 210 Å². The number of anilines is 2. The zero-order valence-corrected chi connectivity index (χ0v) is 19.0. The molecule has 0 radical (unpaired) electrons. The molecule has 1 heterocycles. The number of hydrogen-bond acceptors (Lipinski definition) is 8. The van der Waals surface area contributed by atoms with Crippen LogP contribution in [0.1, 0.15) is 14.9 Å². The van der Waals surface area contributed by atoms with Crippen molar-refractivity contribution in [2.75, 3.05) is 23.0 Å². The van der Waals surface area contributed by atoms with Gasteiger partial charge in [-0.3, -0.25) is 9.52 Å². The van der Waals surface area contributed by atoms with Crippen molar-refractivity contribution < 1.29 is 28.8 Å². The monoisotopic (exact) mass is 519 g/mol. The van der Waals surface area contributed by atoms with Crippen molar-refractivity contribution in [3.8, 4) is 17.2 Å². The maximum Gasteiger partial charge on any atom is 0.248 e. The maximum atomic E-state index is 10.9. The van der Waals surface area contributed by atoms with Gasteiger partial charge in [-0.05, 0) is 36.4 Å². The van der Waals surface area contributed by atoms with Gasteiger partial charge >= 0.3 is 0 Å². The summed E-state index contributed by atoms with van der Waals surface area (Å²) in [5.74, 6) is 0.171. The quantitative estimate of drug-likeness (QED) is 0.156. The van der Waals surface area contributed by atoms with Gasteiger partial charge in [0.05, 0.1) is 23.1 Å². The van der Waals surface area contributed by atoms with E-state index in [1.807, 2.05) is 6.07 Å². The number of benzene rings is 3. The topological polar surface area (TPSA) is 172 Å². The van der Waals surface area contributed by atoms with Gasteiger partial charge in [0.15, 0.2) is 0 Å². The minimum atomic E-state index is -3.31. The summed E-state index contributed by atoms with van der Waals surface area (Å²) in [5.41, 5.74) is 1.03. The number of aliphatic hydroxyl groups is 1. The summed E-state index contributed by atoms with van der Waals surface area (Å²) < 4.78 is 23.6. The van der Waals surface area contributed by atoms with Crippen LogP contribution in [0.3, 0.4) is 0 Å². The zero-order valence-electron chi connectivity index (χ0n) is 18.1. The third-order valence-corrected chi connectivity index (χ3v) is 4.70. The van der Waals surface area contributed by atoms with E-state index >= 15 is 0 Å². The number of aromatic amines is 1. The van der Waals surface area contributed by atoms with Crippen LogP contribution >= 0.6 is 0 Å². The lowest BCUT2D eigenvalue weighted by molar-refractivity contribution is 0.324. The Hall–Kier alpha value is -4.22. The van der Waals surface area contributed by atoms with Gasteiger partial charge in [0, 0.05) is 11.5 Å². The SMILES string of the molecule is C.C.CS(=O)(=O)Nc1ccccc1O.O=c1ccc2cccc(O)c2[nH]1.OCNc1ccccc1O. The van der Waals surface area contributed by atoms with E-state index in [2.05, 4.69) is 15.0 Å². The Balaban J connectivity index is 0.000000499.